The van der Waals surface area contributed by atoms with Crippen LogP contribution in [0.4, 0.5) is 0 Å². The van der Waals surface area contributed by atoms with Crippen LogP contribution in [-0.4, -0.2) is 33.9 Å². The molecule has 0 saturated carbocycles. The lowest BCUT2D eigenvalue weighted by molar-refractivity contribution is -0.140. The van der Waals surface area contributed by atoms with E-state index in [1.54, 1.807) is 0 Å². The van der Waals surface area contributed by atoms with E-state index in [4.69, 9.17) is 5.11 Å². The Hall–Kier alpha value is -1.30. The minimum absolute atomic E-state index is 0.0412. The highest BCUT2D eigenvalue weighted by molar-refractivity contribution is 7.99. The molecule has 0 spiro atoms. The van der Waals surface area contributed by atoms with Crippen molar-refractivity contribution in [3.8, 4) is 5.88 Å². The second kappa shape index (κ2) is 6.23. The number of aromatic hydroxyl groups is 1. The smallest absolute Gasteiger partial charge is 0.305 e. The van der Waals surface area contributed by atoms with Gasteiger partial charge in [0, 0.05) is 24.4 Å². The van der Waals surface area contributed by atoms with E-state index in [1.807, 2.05) is 0 Å². The molecule has 1 aromatic rings. The first kappa shape index (κ1) is 11.8. The van der Waals surface area contributed by atoms with Crippen LogP contribution in [0.2, 0.25) is 0 Å². The van der Waals surface area contributed by atoms with Gasteiger partial charge in [-0.2, -0.15) is 4.98 Å². The maximum Gasteiger partial charge on any atom is 0.305 e. The van der Waals surface area contributed by atoms with Crippen molar-refractivity contribution in [2.45, 2.75) is 18.0 Å². The van der Waals surface area contributed by atoms with Gasteiger partial charge in [-0.1, -0.05) is 11.8 Å². The summed E-state index contributed by atoms with van der Waals surface area (Å²) in [5.41, 5.74) is 0. The molecule has 0 aliphatic rings. The number of hydrogen-bond donors (Lipinski definition) is 1. The number of thioether (sulfide) groups is 1. The molecule has 0 aliphatic carbocycles. The SMILES string of the molecule is COC(=O)CCCSc1nccc(O)n1. The lowest BCUT2D eigenvalue weighted by atomic mass is 10.3. The van der Waals surface area contributed by atoms with Gasteiger partial charge in [-0.05, 0) is 6.42 Å². The molecule has 0 bridgehead atoms. The van der Waals surface area contributed by atoms with Gasteiger partial charge in [0.25, 0.3) is 0 Å². The van der Waals surface area contributed by atoms with Gasteiger partial charge in [-0.25, -0.2) is 4.98 Å². The highest BCUT2D eigenvalue weighted by atomic mass is 32.2. The molecule has 0 radical (unpaired) electrons. The minimum atomic E-state index is -0.215. The summed E-state index contributed by atoms with van der Waals surface area (Å²) in [5, 5.41) is 9.57. The van der Waals surface area contributed by atoms with E-state index < -0.39 is 0 Å². The van der Waals surface area contributed by atoms with Crippen LogP contribution in [-0.2, 0) is 9.53 Å². The number of methoxy groups -OCH3 is 1. The van der Waals surface area contributed by atoms with E-state index in [9.17, 15) is 4.79 Å². The zero-order valence-electron chi connectivity index (χ0n) is 8.34. The van der Waals surface area contributed by atoms with Gasteiger partial charge < -0.3 is 9.84 Å². The third-order valence-corrected chi connectivity index (χ3v) is 2.55. The molecule has 15 heavy (non-hydrogen) atoms. The minimum Gasteiger partial charge on any atom is -0.493 e. The molecule has 0 unspecified atom stereocenters. The molecule has 1 rings (SSSR count). The molecule has 82 valence electrons. The summed E-state index contributed by atoms with van der Waals surface area (Å²) in [4.78, 5) is 18.5. The number of aromatic nitrogens is 2. The van der Waals surface area contributed by atoms with Gasteiger partial charge in [-0.15, -0.1) is 0 Å². The van der Waals surface area contributed by atoms with Crippen LogP contribution in [0.25, 0.3) is 0 Å². The van der Waals surface area contributed by atoms with E-state index in [0.717, 1.165) is 5.75 Å². The highest BCUT2D eigenvalue weighted by Crippen LogP contribution is 2.16. The number of rotatable bonds is 5. The molecular weight excluding hydrogens is 216 g/mol. The normalized spacial score (nSPS) is 9.93. The van der Waals surface area contributed by atoms with Gasteiger partial charge in [0.2, 0.25) is 5.88 Å². The zero-order valence-corrected chi connectivity index (χ0v) is 9.16. The lowest BCUT2D eigenvalue weighted by Crippen LogP contribution is -2.00. The number of ether oxygens (including phenoxy) is 1. The number of esters is 1. The molecule has 5 nitrogen and oxygen atoms in total. The second-order valence-electron chi connectivity index (χ2n) is 2.73. The van der Waals surface area contributed by atoms with Crippen molar-refractivity contribution >= 4 is 17.7 Å². The first-order chi connectivity index (χ1) is 7.22. The van der Waals surface area contributed by atoms with Crippen LogP contribution >= 0.6 is 11.8 Å². The third-order valence-electron chi connectivity index (χ3n) is 1.60. The summed E-state index contributed by atoms with van der Waals surface area (Å²) >= 11 is 1.40. The van der Waals surface area contributed by atoms with Gasteiger partial charge >= 0.3 is 5.97 Å². The molecule has 0 saturated heterocycles. The molecule has 0 amide bonds. The Morgan fingerprint density at radius 1 is 1.67 bits per heavy atom. The molecule has 0 atom stereocenters. The fourth-order valence-corrected chi connectivity index (χ4v) is 1.65. The van der Waals surface area contributed by atoms with Crippen molar-refractivity contribution in [1.82, 2.24) is 9.97 Å². The van der Waals surface area contributed by atoms with E-state index >= 15 is 0 Å². The summed E-state index contributed by atoms with van der Waals surface area (Å²) in [6.07, 6.45) is 2.59. The number of hydrogen-bond acceptors (Lipinski definition) is 6. The van der Waals surface area contributed by atoms with Crippen LogP contribution < -0.4 is 0 Å². The van der Waals surface area contributed by atoms with Gasteiger partial charge in [0.05, 0.1) is 7.11 Å². The van der Waals surface area contributed by atoms with Gasteiger partial charge in [-0.3, -0.25) is 4.79 Å². The molecular formula is C9H12N2O3S. The first-order valence-electron chi connectivity index (χ1n) is 4.44. The van der Waals surface area contributed by atoms with Gasteiger partial charge in [0.1, 0.15) is 0 Å². The predicted octanol–water partition coefficient (Wildman–Crippen LogP) is 1.23. The lowest BCUT2D eigenvalue weighted by Gasteiger charge is -1.99. The fraction of sp³-hybridized carbons (Fsp3) is 0.444. The molecule has 0 aromatic carbocycles. The molecule has 1 N–H and O–H groups in total. The first-order valence-corrected chi connectivity index (χ1v) is 5.42. The molecule has 1 aromatic heterocycles. The van der Waals surface area contributed by atoms with Crippen LogP contribution in [0.3, 0.4) is 0 Å². The number of nitrogens with zero attached hydrogens (tertiary/aromatic N) is 2. The summed E-state index contributed by atoms with van der Waals surface area (Å²) in [5.74, 6) is 0.464. The number of carbonyl (C=O) groups is 1. The summed E-state index contributed by atoms with van der Waals surface area (Å²) in [6, 6.07) is 1.42. The molecule has 1 heterocycles. The van der Waals surface area contributed by atoms with E-state index in [-0.39, 0.29) is 11.8 Å². The highest BCUT2D eigenvalue weighted by Gasteiger charge is 2.02. The van der Waals surface area contributed by atoms with Crippen molar-refractivity contribution in [3.05, 3.63) is 12.3 Å². The number of carbonyl (C=O) groups excluding carboxylic acids is 1. The average molecular weight is 228 g/mol. The second-order valence-corrected chi connectivity index (χ2v) is 3.79. The van der Waals surface area contributed by atoms with E-state index in [0.29, 0.717) is 18.0 Å². The average Bonchev–Trinajstić information content (AvgIpc) is 2.24. The van der Waals surface area contributed by atoms with Crippen molar-refractivity contribution in [2.24, 2.45) is 0 Å². The van der Waals surface area contributed by atoms with Crippen molar-refractivity contribution < 1.29 is 14.6 Å². The Morgan fingerprint density at radius 2 is 2.47 bits per heavy atom. The van der Waals surface area contributed by atoms with E-state index in [2.05, 4.69) is 14.7 Å². The third kappa shape index (κ3) is 4.64. The quantitative estimate of drug-likeness (QED) is 0.353. The van der Waals surface area contributed by atoms with Crippen LogP contribution in [0.1, 0.15) is 12.8 Å². The summed E-state index contributed by atoms with van der Waals surface area (Å²) in [6.45, 7) is 0. The predicted molar refractivity (Wildman–Crippen MR) is 55.7 cm³/mol. The Labute approximate surface area is 91.9 Å². The zero-order chi connectivity index (χ0) is 11.1. The van der Waals surface area contributed by atoms with Crippen molar-refractivity contribution in [1.29, 1.82) is 0 Å². The van der Waals surface area contributed by atoms with Gasteiger partial charge in [0.15, 0.2) is 5.16 Å². The Morgan fingerprint density at radius 3 is 3.13 bits per heavy atom. The van der Waals surface area contributed by atoms with Crippen LogP contribution in [0.5, 0.6) is 5.88 Å². The van der Waals surface area contributed by atoms with Crippen LogP contribution in [0.15, 0.2) is 17.4 Å². The fourth-order valence-electron chi connectivity index (χ4n) is 0.883. The Bertz CT molecular complexity index is 333. The maximum atomic E-state index is 10.8. The van der Waals surface area contributed by atoms with Crippen molar-refractivity contribution in [2.75, 3.05) is 12.9 Å². The summed E-state index contributed by atoms with van der Waals surface area (Å²) < 4.78 is 4.50. The van der Waals surface area contributed by atoms with Crippen LogP contribution in [0, 0.1) is 0 Å². The molecule has 0 aliphatic heterocycles. The Balaban J connectivity index is 2.23. The standard InChI is InChI=1S/C9H12N2O3S/c1-14-8(13)3-2-6-15-9-10-5-4-7(12)11-9/h4-5H,2-3,6H2,1H3,(H,10,11,12). The maximum absolute atomic E-state index is 10.8. The monoisotopic (exact) mass is 228 g/mol. The molecule has 0 fully saturated rings. The Kier molecular flexibility index (Phi) is 4.89. The van der Waals surface area contributed by atoms with E-state index in [1.165, 1.54) is 31.1 Å². The largest absolute Gasteiger partial charge is 0.493 e. The topological polar surface area (TPSA) is 72.3 Å². The summed E-state index contributed by atoms with van der Waals surface area (Å²) in [7, 11) is 1.37. The van der Waals surface area contributed by atoms with Crippen molar-refractivity contribution in [3.63, 3.8) is 0 Å². The molecule has 6 heteroatoms.